The van der Waals surface area contributed by atoms with Gasteiger partial charge in [-0.05, 0) is 62.4 Å². The standard InChI is InChI=1S/C23H33N5O.HI/c1-4-25-23(26-14-12-19-11-13-24-16-18(19)2)27-20-8-7-15-28(17-20)21-9-5-6-10-22(21)29-3;/h5-6,9-11,13,16,20H,4,7-8,12,14-15,17H2,1-3H3,(H2,25,26,27);1H. The largest absolute Gasteiger partial charge is 0.495 e. The van der Waals surface area contributed by atoms with Crippen LogP contribution in [0.1, 0.15) is 30.9 Å². The number of pyridine rings is 1. The highest BCUT2D eigenvalue weighted by molar-refractivity contribution is 14.0. The Bertz CT molecular complexity index is 814. The fourth-order valence-corrected chi connectivity index (χ4v) is 3.79. The topological polar surface area (TPSA) is 61.8 Å². The summed E-state index contributed by atoms with van der Waals surface area (Å²) in [5, 5.41) is 7.03. The number of aliphatic imine (C=N–C) groups is 1. The number of aromatic nitrogens is 1. The Kier molecular flexibility index (Phi) is 10.2. The molecular formula is C23H34IN5O. The van der Waals surface area contributed by atoms with Crippen molar-refractivity contribution < 1.29 is 4.74 Å². The first-order valence-corrected chi connectivity index (χ1v) is 10.5. The molecule has 1 saturated heterocycles. The van der Waals surface area contributed by atoms with Gasteiger partial charge in [-0.15, -0.1) is 24.0 Å². The van der Waals surface area contributed by atoms with Gasteiger partial charge in [0, 0.05) is 44.6 Å². The Hall–Kier alpha value is -2.03. The van der Waals surface area contributed by atoms with Crippen molar-refractivity contribution in [2.75, 3.05) is 38.2 Å². The molecular weight excluding hydrogens is 489 g/mol. The van der Waals surface area contributed by atoms with E-state index in [9.17, 15) is 0 Å². The third-order valence-corrected chi connectivity index (χ3v) is 5.32. The van der Waals surface area contributed by atoms with E-state index in [2.05, 4.69) is 52.6 Å². The minimum absolute atomic E-state index is 0. The van der Waals surface area contributed by atoms with Gasteiger partial charge in [-0.25, -0.2) is 0 Å². The van der Waals surface area contributed by atoms with E-state index in [1.54, 1.807) is 7.11 Å². The normalized spacial score (nSPS) is 16.6. The molecule has 1 aliphatic heterocycles. The first kappa shape index (κ1) is 24.2. The van der Waals surface area contributed by atoms with Crippen molar-refractivity contribution in [3.05, 3.63) is 53.9 Å². The number of nitrogens with zero attached hydrogens (tertiary/aromatic N) is 3. The first-order valence-electron chi connectivity index (χ1n) is 10.5. The number of hydrogen-bond donors (Lipinski definition) is 2. The average Bonchev–Trinajstić information content (AvgIpc) is 2.75. The van der Waals surface area contributed by atoms with Crippen molar-refractivity contribution in [2.45, 2.75) is 39.2 Å². The van der Waals surface area contributed by atoms with Crippen LogP contribution in [0.3, 0.4) is 0 Å². The van der Waals surface area contributed by atoms with Crippen LogP contribution in [0.2, 0.25) is 0 Å². The molecule has 1 unspecified atom stereocenters. The zero-order chi connectivity index (χ0) is 20.5. The predicted molar refractivity (Wildman–Crippen MR) is 135 cm³/mol. The van der Waals surface area contributed by atoms with Crippen molar-refractivity contribution in [3.63, 3.8) is 0 Å². The summed E-state index contributed by atoms with van der Waals surface area (Å²) < 4.78 is 5.56. The number of hydrogen-bond acceptors (Lipinski definition) is 4. The van der Waals surface area contributed by atoms with Crippen LogP contribution in [-0.2, 0) is 6.42 Å². The fraction of sp³-hybridized carbons (Fsp3) is 0.478. The Morgan fingerprint density at radius 2 is 2.13 bits per heavy atom. The number of anilines is 1. The Morgan fingerprint density at radius 3 is 2.90 bits per heavy atom. The van der Waals surface area contributed by atoms with E-state index in [0.717, 1.165) is 62.8 Å². The molecule has 0 bridgehead atoms. The van der Waals surface area contributed by atoms with Gasteiger partial charge in [0.05, 0.1) is 12.8 Å². The molecule has 30 heavy (non-hydrogen) atoms. The molecule has 1 aliphatic rings. The summed E-state index contributed by atoms with van der Waals surface area (Å²) in [6.45, 7) is 7.80. The maximum Gasteiger partial charge on any atom is 0.191 e. The van der Waals surface area contributed by atoms with Crippen LogP contribution >= 0.6 is 24.0 Å². The number of methoxy groups -OCH3 is 1. The van der Waals surface area contributed by atoms with E-state index < -0.39 is 0 Å². The van der Waals surface area contributed by atoms with Gasteiger partial charge in [-0.1, -0.05) is 12.1 Å². The van der Waals surface area contributed by atoms with Crippen LogP contribution in [0.5, 0.6) is 5.75 Å². The van der Waals surface area contributed by atoms with Crippen molar-refractivity contribution in [1.29, 1.82) is 0 Å². The van der Waals surface area contributed by atoms with Gasteiger partial charge in [-0.3, -0.25) is 9.98 Å². The van der Waals surface area contributed by atoms with Crippen LogP contribution in [0.15, 0.2) is 47.7 Å². The van der Waals surface area contributed by atoms with Gasteiger partial charge < -0.3 is 20.3 Å². The summed E-state index contributed by atoms with van der Waals surface area (Å²) in [5.41, 5.74) is 3.69. The SMILES string of the molecule is CCNC(=NCCc1ccncc1C)NC1CCCN(c2ccccc2OC)C1.I. The molecule has 0 saturated carbocycles. The minimum atomic E-state index is 0. The Balaban J connectivity index is 0.00000320. The van der Waals surface area contributed by atoms with E-state index >= 15 is 0 Å². The number of benzene rings is 1. The van der Waals surface area contributed by atoms with Crippen LogP contribution in [0.25, 0.3) is 0 Å². The van der Waals surface area contributed by atoms with Crippen molar-refractivity contribution in [1.82, 2.24) is 15.6 Å². The third-order valence-electron chi connectivity index (χ3n) is 5.32. The number of nitrogens with one attached hydrogen (secondary N) is 2. The van der Waals surface area contributed by atoms with Gasteiger partial charge in [0.2, 0.25) is 0 Å². The average molecular weight is 523 g/mol. The lowest BCUT2D eigenvalue weighted by Crippen LogP contribution is -2.51. The molecule has 0 radical (unpaired) electrons. The second-order valence-corrected chi connectivity index (χ2v) is 7.41. The lowest BCUT2D eigenvalue weighted by atomic mass is 10.0. The summed E-state index contributed by atoms with van der Waals surface area (Å²) in [6, 6.07) is 10.7. The number of ether oxygens (including phenoxy) is 1. The van der Waals surface area contributed by atoms with E-state index in [1.807, 2.05) is 24.5 Å². The van der Waals surface area contributed by atoms with Gasteiger partial charge in [0.15, 0.2) is 5.96 Å². The van der Waals surface area contributed by atoms with Crippen LogP contribution in [0.4, 0.5) is 5.69 Å². The Labute approximate surface area is 197 Å². The predicted octanol–water partition coefficient (Wildman–Crippen LogP) is 3.78. The molecule has 1 aromatic heterocycles. The maximum absolute atomic E-state index is 5.56. The number of piperidine rings is 1. The van der Waals surface area contributed by atoms with Gasteiger partial charge >= 0.3 is 0 Å². The molecule has 6 nitrogen and oxygen atoms in total. The third kappa shape index (κ3) is 6.75. The summed E-state index contributed by atoms with van der Waals surface area (Å²) in [7, 11) is 1.74. The second-order valence-electron chi connectivity index (χ2n) is 7.41. The van der Waals surface area contributed by atoms with Crippen molar-refractivity contribution in [3.8, 4) is 5.75 Å². The molecule has 164 valence electrons. The van der Waals surface area contributed by atoms with Gasteiger partial charge in [-0.2, -0.15) is 0 Å². The monoisotopic (exact) mass is 523 g/mol. The van der Waals surface area contributed by atoms with Crippen LogP contribution in [0, 0.1) is 6.92 Å². The molecule has 1 aromatic carbocycles. The molecule has 3 rings (SSSR count). The zero-order valence-corrected chi connectivity index (χ0v) is 20.6. The van der Waals surface area contributed by atoms with Gasteiger partial charge in [0.1, 0.15) is 5.75 Å². The molecule has 1 fully saturated rings. The van der Waals surface area contributed by atoms with Crippen molar-refractivity contribution in [2.24, 2.45) is 4.99 Å². The minimum Gasteiger partial charge on any atom is -0.495 e. The smallest absolute Gasteiger partial charge is 0.191 e. The highest BCUT2D eigenvalue weighted by Crippen LogP contribution is 2.29. The molecule has 2 aromatic rings. The van der Waals surface area contributed by atoms with E-state index in [-0.39, 0.29) is 24.0 Å². The molecule has 0 spiro atoms. The molecule has 0 amide bonds. The molecule has 0 aliphatic carbocycles. The number of aryl methyl sites for hydroxylation is 1. The molecule has 1 atom stereocenters. The maximum atomic E-state index is 5.56. The Morgan fingerprint density at radius 1 is 1.30 bits per heavy atom. The van der Waals surface area contributed by atoms with Crippen LogP contribution in [-0.4, -0.2) is 50.3 Å². The quantitative estimate of drug-likeness (QED) is 0.329. The van der Waals surface area contributed by atoms with Crippen LogP contribution < -0.4 is 20.3 Å². The number of rotatable bonds is 7. The lowest BCUT2D eigenvalue weighted by molar-refractivity contribution is 0.408. The number of guanidine groups is 1. The van der Waals surface area contributed by atoms with Crippen molar-refractivity contribution >= 4 is 35.6 Å². The number of para-hydroxylation sites is 2. The van der Waals surface area contributed by atoms with E-state index in [4.69, 9.17) is 9.73 Å². The second kappa shape index (κ2) is 12.6. The molecule has 7 heteroatoms. The number of halogens is 1. The summed E-state index contributed by atoms with van der Waals surface area (Å²) in [5.74, 6) is 1.83. The zero-order valence-electron chi connectivity index (χ0n) is 18.2. The summed E-state index contributed by atoms with van der Waals surface area (Å²) >= 11 is 0. The van der Waals surface area contributed by atoms with Gasteiger partial charge in [0.25, 0.3) is 0 Å². The lowest BCUT2D eigenvalue weighted by Gasteiger charge is -2.36. The summed E-state index contributed by atoms with van der Waals surface area (Å²) in [6.07, 6.45) is 6.97. The highest BCUT2D eigenvalue weighted by Gasteiger charge is 2.22. The van der Waals surface area contributed by atoms with E-state index in [1.165, 1.54) is 11.1 Å². The molecule has 2 heterocycles. The fourth-order valence-electron chi connectivity index (χ4n) is 3.79. The summed E-state index contributed by atoms with van der Waals surface area (Å²) in [4.78, 5) is 11.4. The first-order chi connectivity index (χ1) is 14.2. The van der Waals surface area contributed by atoms with E-state index in [0.29, 0.717) is 6.04 Å². The molecule has 2 N–H and O–H groups in total. The highest BCUT2D eigenvalue weighted by atomic mass is 127.